The molecule has 6 nitrogen and oxygen atoms in total. The van der Waals surface area contributed by atoms with Crippen LogP contribution >= 0.6 is 0 Å². The number of aromatic nitrogens is 2. The number of fused-ring (bicyclic) bond motifs is 1. The summed E-state index contributed by atoms with van der Waals surface area (Å²) >= 11 is 0. The highest BCUT2D eigenvalue weighted by Gasteiger charge is 2.16. The monoisotopic (exact) mass is 467 g/mol. The van der Waals surface area contributed by atoms with E-state index in [1.165, 1.54) is 16.8 Å². The quantitative estimate of drug-likeness (QED) is 0.378. The van der Waals surface area contributed by atoms with Gasteiger partial charge in [0.2, 0.25) is 0 Å². The number of piperazine rings is 1. The van der Waals surface area contributed by atoms with Crippen LogP contribution < -0.4 is 9.64 Å². The number of benzene rings is 2. The molecule has 4 aromatic rings. The Bertz CT molecular complexity index is 1270. The minimum Gasteiger partial charge on any atom is -0.497 e. The Morgan fingerprint density at radius 3 is 2.49 bits per heavy atom. The smallest absolute Gasteiger partial charge is 0.119 e. The van der Waals surface area contributed by atoms with Crippen molar-refractivity contribution in [1.29, 1.82) is 0 Å². The first-order chi connectivity index (χ1) is 17.2. The van der Waals surface area contributed by atoms with Crippen LogP contribution in [0.25, 0.3) is 10.9 Å². The molecule has 0 spiro atoms. The summed E-state index contributed by atoms with van der Waals surface area (Å²) in [6.07, 6.45) is 3.80. The second kappa shape index (κ2) is 10.8. The molecule has 0 amide bonds. The van der Waals surface area contributed by atoms with Crippen LogP contribution in [-0.2, 0) is 19.6 Å². The standard InChI is InChI=1S/C29H33N5O/c1-32-13-15-33(16-14-32)22-26-19-27(10-12-30-26)34(20-23-5-3-7-28(17-23)35-2)21-24-8-9-25-6-4-11-31-29(25)18-24/h3-12,17-19H,13-16,20-22H2,1-2H3. The van der Waals surface area contributed by atoms with Gasteiger partial charge in [-0.3, -0.25) is 14.9 Å². The van der Waals surface area contributed by atoms with E-state index in [0.717, 1.165) is 68.2 Å². The summed E-state index contributed by atoms with van der Waals surface area (Å²) in [4.78, 5) is 16.6. The third kappa shape index (κ3) is 5.96. The largest absolute Gasteiger partial charge is 0.497 e. The third-order valence-electron chi connectivity index (χ3n) is 6.70. The zero-order valence-electron chi connectivity index (χ0n) is 20.6. The van der Waals surface area contributed by atoms with Crippen molar-refractivity contribution >= 4 is 16.6 Å². The summed E-state index contributed by atoms with van der Waals surface area (Å²) in [6, 6.07) is 23.3. The summed E-state index contributed by atoms with van der Waals surface area (Å²) in [5.74, 6) is 0.878. The SMILES string of the molecule is COc1cccc(CN(Cc2ccc3cccnc3c2)c2ccnc(CN3CCN(C)CC3)c2)c1. The molecule has 0 N–H and O–H groups in total. The van der Waals surface area contributed by atoms with Crippen molar-refractivity contribution in [2.45, 2.75) is 19.6 Å². The van der Waals surface area contributed by atoms with E-state index in [1.807, 2.05) is 24.5 Å². The molecule has 0 unspecified atom stereocenters. The number of hydrogen-bond acceptors (Lipinski definition) is 6. The molecule has 0 radical (unpaired) electrons. The molecule has 2 aromatic heterocycles. The molecular formula is C29H33N5O. The van der Waals surface area contributed by atoms with Crippen LogP contribution in [0.2, 0.25) is 0 Å². The molecule has 1 aliphatic rings. The lowest BCUT2D eigenvalue weighted by Crippen LogP contribution is -2.44. The Morgan fingerprint density at radius 2 is 1.66 bits per heavy atom. The van der Waals surface area contributed by atoms with Crippen LogP contribution in [0.5, 0.6) is 5.75 Å². The molecule has 0 bridgehead atoms. The van der Waals surface area contributed by atoms with Crippen molar-refractivity contribution in [3.05, 3.63) is 95.9 Å². The number of likely N-dealkylation sites (N-methyl/N-ethyl adjacent to an activating group) is 1. The number of anilines is 1. The van der Waals surface area contributed by atoms with Crippen molar-refractivity contribution < 1.29 is 4.74 Å². The average Bonchev–Trinajstić information content (AvgIpc) is 2.90. The first-order valence-corrected chi connectivity index (χ1v) is 12.2. The Balaban J connectivity index is 1.41. The minimum atomic E-state index is 0.773. The lowest BCUT2D eigenvalue weighted by molar-refractivity contribution is 0.147. The lowest BCUT2D eigenvalue weighted by atomic mass is 10.1. The first kappa shape index (κ1) is 23.3. The predicted molar refractivity (Wildman–Crippen MR) is 142 cm³/mol. The van der Waals surface area contributed by atoms with Crippen LogP contribution in [0.1, 0.15) is 16.8 Å². The molecule has 5 rings (SSSR count). The van der Waals surface area contributed by atoms with E-state index >= 15 is 0 Å². The Labute approximate surface area is 207 Å². The summed E-state index contributed by atoms with van der Waals surface area (Å²) in [6.45, 7) is 6.82. The second-order valence-corrected chi connectivity index (χ2v) is 9.32. The highest BCUT2D eigenvalue weighted by atomic mass is 16.5. The van der Waals surface area contributed by atoms with Crippen molar-refractivity contribution in [3.8, 4) is 5.75 Å². The van der Waals surface area contributed by atoms with E-state index in [4.69, 9.17) is 9.72 Å². The van der Waals surface area contributed by atoms with Crippen LogP contribution in [-0.4, -0.2) is 60.1 Å². The molecule has 1 saturated heterocycles. The van der Waals surface area contributed by atoms with Crippen molar-refractivity contribution in [2.75, 3.05) is 45.2 Å². The van der Waals surface area contributed by atoms with Gasteiger partial charge in [-0.25, -0.2) is 0 Å². The molecule has 0 saturated carbocycles. The fraction of sp³-hybridized carbons (Fsp3) is 0.310. The molecule has 0 aliphatic carbocycles. The molecule has 0 atom stereocenters. The third-order valence-corrected chi connectivity index (χ3v) is 6.70. The molecule has 1 fully saturated rings. The highest BCUT2D eigenvalue weighted by molar-refractivity contribution is 5.79. The van der Waals surface area contributed by atoms with Crippen LogP contribution in [0.4, 0.5) is 5.69 Å². The highest BCUT2D eigenvalue weighted by Crippen LogP contribution is 2.24. The van der Waals surface area contributed by atoms with Gasteiger partial charge < -0.3 is 14.5 Å². The van der Waals surface area contributed by atoms with Crippen molar-refractivity contribution in [3.63, 3.8) is 0 Å². The van der Waals surface area contributed by atoms with Gasteiger partial charge in [0.05, 0.1) is 18.3 Å². The lowest BCUT2D eigenvalue weighted by Gasteiger charge is -2.32. The average molecular weight is 468 g/mol. The van der Waals surface area contributed by atoms with Crippen LogP contribution in [0.15, 0.2) is 79.1 Å². The minimum absolute atomic E-state index is 0.773. The number of nitrogens with zero attached hydrogens (tertiary/aromatic N) is 5. The van der Waals surface area contributed by atoms with E-state index in [0.29, 0.717) is 0 Å². The van der Waals surface area contributed by atoms with Crippen molar-refractivity contribution in [1.82, 2.24) is 19.8 Å². The van der Waals surface area contributed by atoms with Gasteiger partial charge in [0, 0.05) is 69.3 Å². The predicted octanol–water partition coefficient (Wildman–Crippen LogP) is 4.59. The van der Waals surface area contributed by atoms with Crippen molar-refractivity contribution in [2.24, 2.45) is 0 Å². The molecule has 6 heteroatoms. The van der Waals surface area contributed by atoms with E-state index in [1.54, 1.807) is 7.11 Å². The normalized spacial score (nSPS) is 14.8. The zero-order chi connectivity index (χ0) is 24.0. The second-order valence-electron chi connectivity index (χ2n) is 9.32. The van der Waals surface area contributed by atoms with Gasteiger partial charge >= 0.3 is 0 Å². The van der Waals surface area contributed by atoms with Crippen LogP contribution in [0, 0.1) is 0 Å². The fourth-order valence-electron chi connectivity index (χ4n) is 4.64. The molecule has 180 valence electrons. The summed E-state index contributed by atoms with van der Waals surface area (Å²) in [7, 11) is 3.90. The van der Waals surface area contributed by atoms with Gasteiger partial charge in [-0.15, -0.1) is 0 Å². The van der Waals surface area contributed by atoms with Crippen LogP contribution in [0.3, 0.4) is 0 Å². The number of methoxy groups -OCH3 is 1. The van der Waals surface area contributed by atoms with E-state index in [9.17, 15) is 0 Å². The van der Waals surface area contributed by atoms with Gasteiger partial charge in [-0.05, 0) is 54.6 Å². The molecular weight excluding hydrogens is 434 g/mol. The Hall–Kier alpha value is -3.48. The Kier molecular flexibility index (Phi) is 7.21. The zero-order valence-corrected chi connectivity index (χ0v) is 20.6. The number of hydrogen-bond donors (Lipinski definition) is 0. The number of rotatable bonds is 8. The Morgan fingerprint density at radius 1 is 0.829 bits per heavy atom. The van der Waals surface area contributed by atoms with Gasteiger partial charge in [-0.2, -0.15) is 0 Å². The van der Waals surface area contributed by atoms with Gasteiger partial charge in [0.1, 0.15) is 5.75 Å². The van der Waals surface area contributed by atoms with E-state index < -0.39 is 0 Å². The maximum Gasteiger partial charge on any atom is 0.119 e. The first-order valence-electron chi connectivity index (χ1n) is 12.2. The van der Waals surface area contributed by atoms with E-state index in [-0.39, 0.29) is 0 Å². The van der Waals surface area contributed by atoms with E-state index in [2.05, 4.69) is 81.3 Å². The van der Waals surface area contributed by atoms with Gasteiger partial charge in [0.25, 0.3) is 0 Å². The topological polar surface area (TPSA) is 44.7 Å². The molecule has 2 aromatic carbocycles. The fourth-order valence-corrected chi connectivity index (χ4v) is 4.64. The van der Waals surface area contributed by atoms with Gasteiger partial charge in [-0.1, -0.05) is 30.3 Å². The van der Waals surface area contributed by atoms with Gasteiger partial charge in [0.15, 0.2) is 0 Å². The summed E-state index contributed by atoms with van der Waals surface area (Å²) in [5, 5.41) is 1.16. The molecule has 35 heavy (non-hydrogen) atoms. The number of pyridine rings is 2. The summed E-state index contributed by atoms with van der Waals surface area (Å²) < 4.78 is 5.47. The molecule has 1 aliphatic heterocycles. The maximum atomic E-state index is 5.47. The maximum absolute atomic E-state index is 5.47. The number of ether oxygens (including phenoxy) is 1. The summed E-state index contributed by atoms with van der Waals surface area (Å²) in [5.41, 5.74) is 5.75. The molecule has 3 heterocycles.